The molecule has 36 heavy (non-hydrogen) atoms. The van der Waals surface area contributed by atoms with Gasteiger partial charge in [0.1, 0.15) is 11.9 Å². The third-order valence-electron chi connectivity index (χ3n) is 6.29. The number of nitrogens with zero attached hydrogens (tertiary/aromatic N) is 4. The first kappa shape index (κ1) is 24.3. The van der Waals surface area contributed by atoms with Crippen LogP contribution < -0.4 is 5.32 Å². The van der Waals surface area contributed by atoms with E-state index in [1.807, 2.05) is 0 Å². The van der Waals surface area contributed by atoms with Crippen LogP contribution in [-0.2, 0) is 27.5 Å². The number of hydrogen-bond donors (Lipinski definition) is 1. The molecule has 3 aromatic rings. The van der Waals surface area contributed by atoms with E-state index >= 15 is 0 Å². The molecule has 8 nitrogen and oxygen atoms in total. The molecule has 1 amide bonds. The quantitative estimate of drug-likeness (QED) is 0.500. The van der Waals surface area contributed by atoms with Crippen LogP contribution in [0.25, 0.3) is 11.3 Å². The Kier molecular flexibility index (Phi) is 5.99. The van der Waals surface area contributed by atoms with Crippen LogP contribution >= 0.6 is 0 Å². The van der Waals surface area contributed by atoms with E-state index in [4.69, 9.17) is 0 Å². The standard InChI is InChI=1S/C23H19F4N5O3S/c24-16-1-3-17(4-2-16)36(34,35)32-12-14-8-18(14)20(32)21(33)29-9-13-5-6-28-19(7-13)15-10-30-22(31-11-15)23(25,26)27/h1-7,10-11,14,18,20H,8-9,12H2,(H,29,33)/t14-,18-,20-/m0/s1. The number of hydrogen-bond acceptors (Lipinski definition) is 6. The van der Waals surface area contributed by atoms with Gasteiger partial charge in [0.05, 0.1) is 10.6 Å². The summed E-state index contributed by atoms with van der Waals surface area (Å²) in [6.07, 6.45) is -0.432. The van der Waals surface area contributed by atoms with Gasteiger partial charge in [0, 0.05) is 37.2 Å². The van der Waals surface area contributed by atoms with E-state index in [1.165, 1.54) is 22.6 Å². The van der Waals surface area contributed by atoms with Crippen molar-refractivity contribution >= 4 is 15.9 Å². The van der Waals surface area contributed by atoms with Crippen LogP contribution in [0.4, 0.5) is 17.6 Å². The Bertz CT molecular complexity index is 1400. The lowest BCUT2D eigenvalue weighted by molar-refractivity contribution is -0.145. The molecule has 5 rings (SSSR count). The summed E-state index contributed by atoms with van der Waals surface area (Å²) in [4.78, 5) is 23.8. The molecule has 0 unspecified atom stereocenters. The number of carbonyl (C=O) groups is 1. The zero-order valence-corrected chi connectivity index (χ0v) is 19.3. The third kappa shape index (κ3) is 4.67. The normalized spacial score (nSPS) is 21.7. The molecule has 3 atom stereocenters. The van der Waals surface area contributed by atoms with E-state index in [9.17, 15) is 30.8 Å². The highest BCUT2D eigenvalue weighted by molar-refractivity contribution is 7.89. The molecular formula is C23H19F4N5O3S. The van der Waals surface area contributed by atoms with Crippen molar-refractivity contribution < 1.29 is 30.8 Å². The van der Waals surface area contributed by atoms with Crippen molar-refractivity contribution in [1.82, 2.24) is 24.6 Å². The Balaban J connectivity index is 1.29. The summed E-state index contributed by atoms with van der Waals surface area (Å²) in [6.45, 7) is 0.268. The van der Waals surface area contributed by atoms with E-state index in [1.54, 1.807) is 12.1 Å². The Labute approximate surface area is 203 Å². The first-order valence-electron chi connectivity index (χ1n) is 10.9. The van der Waals surface area contributed by atoms with Gasteiger partial charge in [-0.1, -0.05) is 0 Å². The fraction of sp³-hybridized carbons (Fsp3) is 0.304. The monoisotopic (exact) mass is 521 g/mol. The zero-order valence-electron chi connectivity index (χ0n) is 18.5. The molecule has 2 aromatic heterocycles. The van der Waals surface area contributed by atoms with Crippen LogP contribution in [0, 0.1) is 17.7 Å². The van der Waals surface area contributed by atoms with Crippen LogP contribution in [-0.4, -0.2) is 46.2 Å². The molecule has 1 aromatic carbocycles. The van der Waals surface area contributed by atoms with Crippen molar-refractivity contribution in [3.05, 3.63) is 72.2 Å². The molecule has 13 heteroatoms. The summed E-state index contributed by atoms with van der Waals surface area (Å²) in [7, 11) is -3.99. The number of benzene rings is 1. The summed E-state index contributed by atoms with van der Waals surface area (Å²) in [6, 6.07) is 6.78. The van der Waals surface area contributed by atoms with Crippen LogP contribution in [0.5, 0.6) is 0 Å². The molecule has 188 valence electrons. The summed E-state index contributed by atoms with van der Waals surface area (Å²) in [5.41, 5.74) is 1.19. The van der Waals surface area contributed by atoms with E-state index in [0.717, 1.165) is 30.9 Å². The predicted molar refractivity (Wildman–Crippen MR) is 118 cm³/mol. The van der Waals surface area contributed by atoms with Crippen LogP contribution in [0.3, 0.4) is 0 Å². The highest BCUT2D eigenvalue weighted by atomic mass is 32.2. The highest BCUT2D eigenvalue weighted by Crippen LogP contribution is 2.51. The molecule has 2 fully saturated rings. The number of rotatable bonds is 6. The third-order valence-corrected chi connectivity index (χ3v) is 8.15. The molecule has 0 bridgehead atoms. The minimum atomic E-state index is -4.66. The molecule has 0 radical (unpaired) electrons. The Morgan fingerprint density at radius 2 is 1.78 bits per heavy atom. The van der Waals surface area contributed by atoms with Crippen molar-refractivity contribution in [2.75, 3.05) is 6.54 Å². The van der Waals surface area contributed by atoms with Crippen LogP contribution in [0.15, 0.2) is 59.9 Å². The fourth-order valence-electron chi connectivity index (χ4n) is 4.38. The lowest BCUT2D eigenvalue weighted by Crippen LogP contribution is -2.48. The van der Waals surface area contributed by atoms with Crippen LogP contribution in [0.2, 0.25) is 0 Å². The van der Waals surface area contributed by atoms with Crippen molar-refractivity contribution in [3.63, 3.8) is 0 Å². The Morgan fingerprint density at radius 3 is 2.44 bits per heavy atom. The van der Waals surface area contributed by atoms with E-state index in [-0.39, 0.29) is 35.4 Å². The molecule has 3 heterocycles. The molecule has 1 saturated carbocycles. The number of sulfonamides is 1. The average molecular weight is 521 g/mol. The largest absolute Gasteiger partial charge is 0.451 e. The molecule has 1 N–H and O–H groups in total. The maximum absolute atomic E-state index is 13.3. The second-order valence-corrected chi connectivity index (χ2v) is 10.6. The summed E-state index contributed by atoms with van der Waals surface area (Å²) < 4.78 is 78.8. The SMILES string of the molecule is O=C(NCc1ccnc(-c2cnc(C(F)(F)F)nc2)c1)[C@@H]1[C@H]2C[C@H]2CN1S(=O)(=O)c1ccc(F)cc1. The minimum absolute atomic E-state index is 0.0498. The van der Waals surface area contributed by atoms with Gasteiger partial charge in [-0.3, -0.25) is 9.78 Å². The molecule has 1 aliphatic carbocycles. The number of pyridine rings is 1. The number of nitrogens with one attached hydrogen (secondary N) is 1. The van der Waals surface area contributed by atoms with Gasteiger partial charge in [-0.25, -0.2) is 22.8 Å². The number of carbonyl (C=O) groups excluding carboxylic acids is 1. The second-order valence-electron chi connectivity index (χ2n) is 8.69. The number of alkyl halides is 3. The number of amides is 1. The number of fused-ring (bicyclic) bond motifs is 1. The second kappa shape index (κ2) is 8.89. The first-order valence-corrected chi connectivity index (χ1v) is 12.4. The lowest BCUT2D eigenvalue weighted by Gasteiger charge is -2.26. The van der Waals surface area contributed by atoms with E-state index in [0.29, 0.717) is 11.3 Å². The van der Waals surface area contributed by atoms with Crippen molar-refractivity contribution in [1.29, 1.82) is 0 Å². The van der Waals surface area contributed by atoms with Gasteiger partial charge in [-0.2, -0.15) is 17.5 Å². The number of piperidine rings is 1. The van der Waals surface area contributed by atoms with E-state index in [2.05, 4.69) is 20.3 Å². The summed E-state index contributed by atoms with van der Waals surface area (Å²) in [5.74, 6) is -2.26. The van der Waals surface area contributed by atoms with Crippen molar-refractivity contribution in [3.8, 4) is 11.3 Å². The van der Waals surface area contributed by atoms with Crippen LogP contribution in [0.1, 0.15) is 17.8 Å². The molecule has 1 saturated heterocycles. The van der Waals surface area contributed by atoms with E-state index < -0.39 is 39.8 Å². The molecule has 1 aliphatic heterocycles. The number of halogens is 4. The van der Waals surface area contributed by atoms with Gasteiger partial charge in [0.2, 0.25) is 21.8 Å². The van der Waals surface area contributed by atoms with Crippen molar-refractivity contribution in [2.24, 2.45) is 11.8 Å². The molecule has 2 aliphatic rings. The van der Waals surface area contributed by atoms with Gasteiger partial charge in [0.15, 0.2) is 0 Å². The van der Waals surface area contributed by atoms with Gasteiger partial charge < -0.3 is 5.32 Å². The van der Waals surface area contributed by atoms with Gasteiger partial charge >= 0.3 is 6.18 Å². The summed E-state index contributed by atoms with van der Waals surface area (Å²) in [5, 5.41) is 2.76. The average Bonchev–Trinajstić information content (AvgIpc) is 3.51. The number of aromatic nitrogens is 3. The summed E-state index contributed by atoms with van der Waals surface area (Å²) >= 11 is 0. The maximum Gasteiger partial charge on any atom is 0.451 e. The highest BCUT2D eigenvalue weighted by Gasteiger charge is 2.58. The predicted octanol–water partition coefficient (Wildman–Crippen LogP) is 3.02. The van der Waals surface area contributed by atoms with Gasteiger partial charge in [-0.05, 0) is 60.2 Å². The molecule has 0 spiro atoms. The van der Waals surface area contributed by atoms with Gasteiger partial charge in [-0.15, -0.1) is 0 Å². The smallest absolute Gasteiger partial charge is 0.351 e. The lowest BCUT2D eigenvalue weighted by atomic mass is 10.1. The maximum atomic E-state index is 13.3. The Morgan fingerprint density at radius 1 is 1.08 bits per heavy atom. The van der Waals surface area contributed by atoms with Crippen molar-refractivity contribution in [2.45, 2.75) is 30.1 Å². The fourth-order valence-corrected chi connectivity index (χ4v) is 6.07. The topological polar surface area (TPSA) is 105 Å². The molecular weight excluding hydrogens is 502 g/mol. The first-order chi connectivity index (χ1) is 17.0. The Hall–Kier alpha value is -3.45. The minimum Gasteiger partial charge on any atom is -0.351 e. The van der Waals surface area contributed by atoms with Gasteiger partial charge in [0.25, 0.3) is 0 Å². The zero-order chi connectivity index (χ0) is 25.7.